The van der Waals surface area contributed by atoms with E-state index in [1.807, 2.05) is 50.8 Å². The smallest absolute Gasteiger partial charge is 0.229 e. The average Bonchev–Trinajstić information content (AvgIpc) is 2.86. The zero-order chi connectivity index (χ0) is 18.1. The van der Waals surface area contributed by atoms with Crippen molar-refractivity contribution < 1.29 is 14.3 Å². The van der Waals surface area contributed by atoms with Crippen molar-refractivity contribution in [3.8, 4) is 11.5 Å². The number of carbonyl (C=O) groups is 1. The molecule has 0 aliphatic carbocycles. The third-order valence-electron chi connectivity index (χ3n) is 4.96. The Morgan fingerprint density at radius 1 is 1.44 bits per heavy atom. The molecule has 0 saturated carbocycles. The maximum Gasteiger partial charge on any atom is 0.229 e. The summed E-state index contributed by atoms with van der Waals surface area (Å²) in [4.78, 5) is 14.7. The van der Waals surface area contributed by atoms with Crippen molar-refractivity contribution in [3.05, 3.63) is 40.7 Å². The zero-order valence-corrected chi connectivity index (χ0v) is 15.5. The minimum atomic E-state index is -0.179. The van der Waals surface area contributed by atoms with Crippen molar-refractivity contribution >= 4 is 5.91 Å². The van der Waals surface area contributed by atoms with Crippen molar-refractivity contribution in [3.63, 3.8) is 0 Å². The van der Waals surface area contributed by atoms with Crippen LogP contribution >= 0.6 is 0 Å². The minimum absolute atomic E-state index is 0.0936. The molecule has 134 valence electrons. The lowest BCUT2D eigenvalue weighted by atomic mass is 9.95. The Kier molecular flexibility index (Phi) is 4.70. The van der Waals surface area contributed by atoms with Crippen molar-refractivity contribution in [2.24, 2.45) is 13.0 Å². The number of para-hydroxylation sites is 1. The van der Waals surface area contributed by atoms with E-state index in [1.54, 1.807) is 12.0 Å². The highest BCUT2D eigenvalue weighted by atomic mass is 16.5. The number of methoxy groups -OCH3 is 1. The molecule has 1 aromatic heterocycles. The lowest BCUT2D eigenvalue weighted by Crippen LogP contribution is -2.38. The first-order valence-corrected chi connectivity index (χ1v) is 8.45. The summed E-state index contributed by atoms with van der Waals surface area (Å²) in [6, 6.07) is 5.80. The minimum Gasteiger partial charge on any atom is -0.493 e. The van der Waals surface area contributed by atoms with Crippen LogP contribution in [-0.4, -0.2) is 41.4 Å². The van der Waals surface area contributed by atoms with Crippen LogP contribution in [-0.2, 0) is 24.8 Å². The molecule has 0 N–H and O–H groups in total. The Labute approximate surface area is 148 Å². The van der Waals surface area contributed by atoms with Gasteiger partial charge >= 0.3 is 0 Å². The Morgan fingerprint density at radius 2 is 2.20 bits per heavy atom. The van der Waals surface area contributed by atoms with E-state index in [4.69, 9.17) is 9.47 Å². The molecule has 2 heterocycles. The molecule has 1 aliphatic rings. The van der Waals surface area contributed by atoms with E-state index in [0.29, 0.717) is 19.6 Å². The number of aryl methyl sites for hydroxylation is 2. The van der Waals surface area contributed by atoms with Crippen LogP contribution in [0.1, 0.15) is 22.5 Å². The van der Waals surface area contributed by atoms with Gasteiger partial charge in [0.15, 0.2) is 11.5 Å². The van der Waals surface area contributed by atoms with Gasteiger partial charge in [-0.1, -0.05) is 12.1 Å². The topological polar surface area (TPSA) is 56.6 Å². The van der Waals surface area contributed by atoms with Gasteiger partial charge in [-0.2, -0.15) is 5.10 Å². The summed E-state index contributed by atoms with van der Waals surface area (Å²) in [5.41, 5.74) is 4.19. The molecule has 0 spiro atoms. The number of fused-ring (bicyclic) bond motifs is 1. The fraction of sp³-hybridized carbons (Fsp3) is 0.474. The summed E-state index contributed by atoms with van der Waals surface area (Å²) < 4.78 is 13.0. The number of hydrogen-bond donors (Lipinski definition) is 0. The third kappa shape index (κ3) is 3.21. The Balaban J connectivity index is 1.73. The highest BCUT2D eigenvalue weighted by molar-refractivity contribution is 5.79. The monoisotopic (exact) mass is 343 g/mol. The fourth-order valence-corrected chi connectivity index (χ4v) is 3.39. The molecule has 0 saturated heterocycles. The van der Waals surface area contributed by atoms with Gasteiger partial charge in [-0.15, -0.1) is 0 Å². The second-order valence-electron chi connectivity index (χ2n) is 6.63. The summed E-state index contributed by atoms with van der Waals surface area (Å²) in [5, 5.41) is 4.42. The van der Waals surface area contributed by atoms with Gasteiger partial charge in [0.2, 0.25) is 5.91 Å². The van der Waals surface area contributed by atoms with Crippen molar-refractivity contribution in [2.45, 2.75) is 26.8 Å². The molecule has 0 radical (unpaired) electrons. The highest BCUT2D eigenvalue weighted by Crippen LogP contribution is 2.36. The lowest BCUT2D eigenvalue weighted by Gasteiger charge is -2.29. The molecule has 2 aromatic rings. The molecule has 0 fully saturated rings. The van der Waals surface area contributed by atoms with Crippen LogP contribution in [0.3, 0.4) is 0 Å². The maximum absolute atomic E-state index is 12.9. The van der Waals surface area contributed by atoms with Gasteiger partial charge in [0, 0.05) is 31.9 Å². The lowest BCUT2D eigenvalue weighted by molar-refractivity contribution is -0.136. The van der Waals surface area contributed by atoms with Crippen LogP contribution in [0.2, 0.25) is 0 Å². The number of ether oxygens (including phenoxy) is 2. The van der Waals surface area contributed by atoms with E-state index in [2.05, 4.69) is 5.10 Å². The van der Waals surface area contributed by atoms with Gasteiger partial charge in [0.25, 0.3) is 0 Å². The fourth-order valence-electron chi connectivity index (χ4n) is 3.39. The molecule has 1 aliphatic heterocycles. The molecule has 25 heavy (non-hydrogen) atoms. The van der Waals surface area contributed by atoms with Gasteiger partial charge in [-0.25, -0.2) is 0 Å². The van der Waals surface area contributed by atoms with E-state index >= 15 is 0 Å². The Bertz CT molecular complexity index is 797. The number of benzene rings is 1. The van der Waals surface area contributed by atoms with Gasteiger partial charge in [-0.05, 0) is 31.9 Å². The Morgan fingerprint density at radius 3 is 2.84 bits per heavy atom. The quantitative estimate of drug-likeness (QED) is 0.854. The van der Waals surface area contributed by atoms with Gasteiger partial charge in [0.1, 0.15) is 6.61 Å². The molecule has 6 nitrogen and oxygen atoms in total. The largest absolute Gasteiger partial charge is 0.493 e. The number of aromatic nitrogens is 2. The van der Waals surface area contributed by atoms with Crippen molar-refractivity contribution in [2.75, 3.05) is 20.8 Å². The highest BCUT2D eigenvalue weighted by Gasteiger charge is 2.30. The molecule has 1 atom stereocenters. The maximum atomic E-state index is 12.9. The Hall–Kier alpha value is -2.50. The third-order valence-corrected chi connectivity index (χ3v) is 4.96. The molecule has 0 unspecified atom stereocenters. The molecule has 3 rings (SSSR count). The normalized spacial score (nSPS) is 16.1. The average molecular weight is 343 g/mol. The van der Waals surface area contributed by atoms with Crippen LogP contribution in [0.15, 0.2) is 18.2 Å². The summed E-state index contributed by atoms with van der Waals surface area (Å²) >= 11 is 0. The van der Waals surface area contributed by atoms with E-state index in [9.17, 15) is 4.79 Å². The van der Waals surface area contributed by atoms with Gasteiger partial charge < -0.3 is 14.4 Å². The SMILES string of the molecule is COc1cccc2c1OC[C@H](C(=O)N(C)Cc1c(C)nn(C)c1C)C2. The number of hydrogen-bond acceptors (Lipinski definition) is 4. The number of amides is 1. The first-order valence-electron chi connectivity index (χ1n) is 8.45. The molecule has 1 amide bonds. The van der Waals surface area contributed by atoms with Crippen LogP contribution < -0.4 is 9.47 Å². The number of carbonyl (C=O) groups excluding carboxylic acids is 1. The number of rotatable bonds is 4. The molecule has 0 bridgehead atoms. The summed E-state index contributed by atoms with van der Waals surface area (Å²) in [6.45, 7) is 4.94. The van der Waals surface area contributed by atoms with E-state index < -0.39 is 0 Å². The summed E-state index contributed by atoms with van der Waals surface area (Å²) in [5.74, 6) is 1.40. The van der Waals surface area contributed by atoms with Gasteiger partial charge in [-0.3, -0.25) is 9.48 Å². The van der Waals surface area contributed by atoms with Crippen molar-refractivity contribution in [1.29, 1.82) is 0 Å². The molecule has 1 aromatic carbocycles. The second kappa shape index (κ2) is 6.78. The van der Waals surface area contributed by atoms with Crippen LogP contribution in [0.5, 0.6) is 11.5 Å². The molecular weight excluding hydrogens is 318 g/mol. The van der Waals surface area contributed by atoms with Crippen molar-refractivity contribution in [1.82, 2.24) is 14.7 Å². The van der Waals surface area contributed by atoms with Gasteiger partial charge in [0.05, 0.1) is 18.7 Å². The standard InChI is InChI=1S/C19H25N3O3/c1-12-16(13(2)22(4)20-12)10-21(3)19(23)15-9-14-7-6-8-17(24-5)18(14)25-11-15/h6-8,15H,9-11H2,1-5H3/t15-/m1/s1. The van der Waals surface area contributed by atoms with Crippen LogP contribution in [0.4, 0.5) is 0 Å². The predicted molar refractivity (Wildman–Crippen MR) is 94.8 cm³/mol. The van der Waals surface area contributed by atoms with Crippen LogP contribution in [0.25, 0.3) is 0 Å². The summed E-state index contributed by atoms with van der Waals surface area (Å²) in [6.07, 6.45) is 0.667. The predicted octanol–water partition coefficient (Wildman–Crippen LogP) is 2.26. The first kappa shape index (κ1) is 17.3. The zero-order valence-electron chi connectivity index (χ0n) is 15.5. The van der Waals surface area contributed by atoms with E-state index in [-0.39, 0.29) is 11.8 Å². The summed E-state index contributed by atoms with van der Waals surface area (Å²) in [7, 11) is 5.39. The van der Waals surface area contributed by atoms with E-state index in [1.165, 1.54) is 0 Å². The first-order chi connectivity index (χ1) is 11.9. The number of nitrogens with zero attached hydrogens (tertiary/aromatic N) is 3. The van der Waals surface area contributed by atoms with Crippen LogP contribution in [0, 0.1) is 19.8 Å². The molecular formula is C19H25N3O3. The second-order valence-corrected chi connectivity index (χ2v) is 6.63. The molecule has 6 heteroatoms. The van der Waals surface area contributed by atoms with E-state index in [0.717, 1.165) is 34.0 Å².